The molecule has 0 aliphatic rings. The van der Waals surface area contributed by atoms with Crippen molar-refractivity contribution in [2.75, 3.05) is 20.3 Å². The summed E-state index contributed by atoms with van der Waals surface area (Å²) >= 11 is 0. The summed E-state index contributed by atoms with van der Waals surface area (Å²) in [4.78, 5) is 48.4. The highest BCUT2D eigenvalue weighted by Crippen LogP contribution is 2.16. The number of carbonyl (C=O) groups excluding carboxylic acids is 4. The van der Waals surface area contributed by atoms with Crippen LogP contribution in [-0.2, 0) is 41.6 Å². The highest BCUT2D eigenvalue weighted by atomic mass is 16.6. The molecule has 1 unspecified atom stereocenters. The minimum atomic E-state index is -0.999. The lowest BCUT2D eigenvalue weighted by molar-refractivity contribution is -0.158. The fourth-order valence-electron chi connectivity index (χ4n) is 2.90. The van der Waals surface area contributed by atoms with E-state index in [1.807, 2.05) is 30.3 Å². The van der Waals surface area contributed by atoms with Gasteiger partial charge in [0.15, 0.2) is 6.61 Å². The van der Waals surface area contributed by atoms with Gasteiger partial charge in [-0.25, -0.2) is 14.4 Å². The second-order valence-electron chi connectivity index (χ2n) is 8.78. The molecule has 2 rings (SSSR count). The van der Waals surface area contributed by atoms with Gasteiger partial charge in [0, 0.05) is 6.42 Å². The molecular weight excluding hydrogens is 468 g/mol. The van der Waals surface area contributed by atoms with E-state index in [0.717, 1.165) is 5.56 Å². The van der Waals surface area contributed by atoms with Crippen molar-refractivity contribution in [2.45, 2.75) is 45.4 Å². The molecule has 0 bridgehead atoms. The molecule has 0 saturated heterocycles. The van der Waals surface area contributed by atoms with Crippen LogP contribution in [0.3, 0.4) is 0 Å². The summed E-state index contributed by atoms with van der Waals surface area (Å²) in [5.41, 5.74) is 0.765. The number of ether oxygens (including phenoxy) is 4. The van der Waals surface area contributed by atoms with Crippen LogP contribution in [0.25, 0.3) is 0 Å². The Morgan fingerprint density at radius 1 is 0.917 bits per heavy atom. The van der Waals surface area contributed by atoms with Crippen LogP contribution in [0.4, 0.5) is 4.79 Å². The van der Waals surface area contributed by atoms with Gasteiger partial charge in [-0.3, -0.25) is 4.79 Å². The summed E-state index contributed by atoms with van der Waals surface area (Å²) in [5.74, 6) is -1.27. The molecule has 10 nitrogen and oxygen atoms in total. The molecule has 0 aromatic heterocycles. The van der Waals surface area contributed by atoms with Gasteiger partial charge >= 0.3 is 18.0 Å². The van der Waals surface area contributed by atoms with Crippen molar-refractivity contribution in [3.63, 3.8) is 0 Å². The molecule has 2 amide bonds. The highest BCUT2D eigenvalue weighted by molar-refractivity contribution is 5.87. The fraction of sp³-hybridized carbons (Fsp3) is 0.385. The summed E-state index contributed by atoms with van der Waals surface area (Å²) in [6.45, 7) is 4.62. The van der Waals surface area contributed by atoms with E-state index in [-0.39, 0.29) is 26.2 Å². The van der Waals surface area contributed by atoms with Gasteiger partial charge in [-0.1, -0.05) is 42.5 Å². The van der Waals surface area contributed by atoms with Crippen LogP contribution in [0.15, 0.2) is 54.6 Å². The molecule has 36 heavy (non-hydrogen) atoms. The molecule has 0 saturated carbocycles. The number of hydrogen-bond donors (Lipinski definition) is 2. The molecule has 0 fully saturated rings. The van der Waals surface area contributed by atoms with E-state index in [1.165, 1.54) is 7.11 Å². The molecule has 1 atom stereocenters. The summed E-state index contributed by atoms with van der Waals surface area (Å²) in [7, 11) is 1.27. The number of carbonyl (C=O) groups is 4. The minimum absolute atomic E-state index is 0.0637. The summed E-state index contributed by atoms with van der Waals surface area (Å²) in [5, 5.41) is 4.97. The monoisotopic (exact) mass is 500 g/mol. The van der Waals surface area contributed by atoms with Gasteiger partial charge in [0.05, 0.1) is 7.11 Å². The first-order valence-electron chi connectivity index (χ1n) is 11.3. The van der Waals surface area contributed by atoms with E-state index >= 15 is 0 Å². The lowest BCUT2D eigenvalue weighted by Crippen LogP contribution is -2.48. The number of benzene rings is 2. The smallest absolute Gasteiger partial charge is 0.407 e. The van der Waals surface area contributed by atoms with Gasteiger partial charge in [0.25, 0.3) is 0 Å². The van der Waals surface area contributed by atoms with Crippen molar-refractivity contribution in [1.82, 2.24) is 10.6 Å². The van der Waals surface area contributed by atoms with E-state index in [9.17, 15) is 19.2 Å². The zero-order valence-corrected chi connectivity index (χ0v) is 20.9. The lowest BCUT2D eigenvalue weighted by atomic mass is 10.1. The Balaban J connectivity index is 1.93. The molecule has 0 aliphatic carbocycles. The van der Waals surface area contributed by atoms with Gasteiger partial charge in [-0.15, -0.1) is 0 Å². The third-order valence-electron chi connectivity index (χ3n) is 4.58. The van der Waals surface area contributed by atoms with Crippen LogP contribution in [0.5, 0.6) is 5.75 Å². The molecule has 0 radical (unpaired) electrons. The molecule has 194 valence electrons. The van der Waals surface area contributed by atoms with Crippen molar-refractivity contribution < 1.29 is 38.1 Å². The molecule has 0 heterocycles. The number of rotatable bonds is 11. The van der Waals surface area contributed by atoms with E-state index in [1.54, 1.807) is 45.0 Å². The second kappa shape index (κ2) is 13.7. The average molecular weight is 501 g/mol. The minimum Gasteiger partial charge on any atom is -0.482 e. The Morgan fingerprint density at radius 3 is 2.19 bits per heavy atom. The number of nitrogens with one attached hydrogen (secondary N) is 2. The van der Waals surface area contributed by atoms with E-state index in [2.05, 4.69) is 15.4 Å². The van der Waals surface area contributed by atoms with Gasteiger partial charge in [0.1, 0.15) is 30.5 Å². The standard InChI is InChI=1S/C26H32N2O8/c1-26(2,3)36-24(31)21(14-18-10-12-20(13-11-18)34-17-23(30)33-4)28-22(29)15-27-25(32)35-16-19-8-6-5-7-9-19/h5-13,21H,14-17H2,1-4H3,(H,27,32)(H,28,29). The van der Waals surface area contributed by atoms with Crippen molar-refractivity contribution in [2.24, 2.45) is 0 Å². The van der Waals surface area contributed by atoms with Crippen molar-refractivity contribution in [1.29, 1.82) is 0 Å². The molecule has 2 aromatic rings. The van der Waals surface area contributed by atoms with E-state index < -0.39 is 35.6 Å². The van der Waals surface area contributed by atoms with Gasteiger partial charge < -0.3 is 29.6 Å². The number of methoxy groups -OCH3 is 1. The van der Waals surface area contributed by atoms with Crippen molar-refractivity contribution in [3.05, 3.63) is 65.7 Å². The predicted octanol–water partition coefficient (Wildman–Crippen LogP) is 2.53. The van der Waals surface area contributed by atoms with Crippen LogP contribution >= 0.6 is 0 Å². The van der Waals surface area contributed by atoms with Gasteiger partial charge in [-0.2, -0.15) is 0 Å². The Hall–Kier alpha value is -4.08. The first kappa shape index (κ1) is 28.2. The topological polar surface area (TPSA) is 129 Å². The fourth-order valence-corrected chi connectivity index (χ4v) is 2.90. The number of hydrogen-bond acceptors (Lipinski definition) is 8. The van der Waals surface area contributed by atoms with Crippen LogP contribution in [0.2, 0.25) is 0 Å². The molecule has 0 aliphatic heterocycles. The Kier molecular flexibility index (Phi) is 10.7. The predicted molar refractivity (Wildman–Crippen MR) is 130 cm³/mol. The van der Waals surface area contributed by atoms with Crippen LogP contribution in [0.1, 0.15) is 31.9 Å². The third kappa shape index (κ3) is 10.9. The maximum atomic E-state index is 12.7. The van der Waals surface area contributed by atoms with Crippen molar-refractivity contribution in [3.8, 4) is 5.75 Å². The molecule has 2 aromatic carbocycles. The Labute approximate surface area is 210 Å². The average Bonchev–Trinajstić information content (AvgIpc) is 2.84. The summed E-state index contributed by atoms with van der Waals surface area (Å²) in [6.07, 6.45) is -0.624. The highest BCUT2D eigenvalue weighted by Gasteiger charge is 2.27. The largest absolute Gasteiger partial charge is 0.482 e. The number of esters is 2. The summed E-state index contributed by atoms with van der Waals surface area (Å²) in [6, 6.07) is 14.8. The maximum absolute atomic E-state index is 12.7. The second-order valence-corrected chi connectivity index (χ2v) is 8.78. The number of alkyl carbamates (subject to hydrolysis) is 1. The Bertz CT molecular complexity index is 1020. The quantitative estimate of drug-likeness (QED) is 0.356. The van der Waals surface area contributed by atoms with Crippen LogP contribution in [0, 0.1) is 0 Å². The maximum Gasteiger partial charge on any atom is 0.407 e. The first-order valence-corrected chi connectivity index (χ1v) is 11.3. The Morgan fingerprint density at radius 2 is 1.58 bits per heavy atom. The van der Waals surface area contributed by atoms with E-state index in [0.29, 0.717) is 11.3 Å². The third-order valence-corrected chi connectivity index (χ3v) is 4.58. The number of amides is 2. The lowest BCUT2D eigenvalue weighted by Gasteiger charge is -2.24. The van der Waals surface area contributed by atoms with Gasteiger partial charge in [0.2, 0.25) is 5.91 Å². The van der Waals surface area contributed by atoms with E-state index in [4.69, 9.17) is 14.2 Å². The molecule has 0 spiro atoms. The molecular formula is C26H32N2O8. The SMILES string of the molecule is COC(=O)COc1ccc(CC(NC(=O)CNC(=O)OCc2ccccc2)C(=O)OC(C)(C)C)cc1. The zero-order chi connectivity index (χ0) is 26.6. The first-order chi connectivity index (χ1) is 17.1. The van der Waals surface area contributed by atoms with Crippen molar-refractivity contribution >= 4 is 23.9 Å². The summed E-state index contributed by atoms with van der Waals surface area (Å²) < 4.78 is 20.4. The van der Waals surface area contributed by atoms with Crippen LogP contribution in [-0.4, -0.2) is 55.8 Å². The molecule has 2 N–H and O–H groups in total. The normalized spacial score (nSPS) is 11.6. The van der Waals surface area contributed by atoms with Crippen LogP contribution < -0.4 is 15.4 Å². The van der Waals surface area contributed by atoms with Gasteiger partial charge in [-0.05, 0) is 44.0 Å². The zero-order valence-electron chi connectivity index (χ0n) is 20.9. The molecule has 10 heteroatoms.